The van der Waals surface area contributed by atoms with Crippen molar-refractivity contribution >= 4 is 13.6 Å². The number of nitrogens with zero attached hydrogens (tertiary/aromatic N) is 1. The van der Waals surface area contributed by atoms with E-state index in [1.165, 1.54) is 89.9 Å². The summed E-state index contributed by atoms with van der Waals surface area (Å²) in [6.07, 6.45) is 22.5. The number of carbonyl (C=O) groups excluding carboxylic acids is 1. The van der Waals surface area contributed by atoms with Crippen molar-refractivity contribution in [2.75, 3.05) is 40.9 Å². The molecule has 0 aliphatic heterocycles. The number of quaternary nitrogens is 1. The zero-order valence-electron chi connectivity index (χ0n) is 23.9. The van der Waals surface area contributed by atoms with Gasteiger partial charge >= 0.3 is 7.82 Å². The first-order valence-electron chi connectivity index (χ1n) is 14.5. The van der Waals surface area contributed by atoms with E-state index in [9.17, 15) is 14.3 Å². The van der Waals surface area contributed by atoms with Crippen molar-refractivity contribution in [1.82, 2.24) is 0 Å². The zero-order chi connectivity index (χ0) is 26.4. The number of hydrogen-bond donors (Lipinski definition) is 1. The predicted molar refractivity (Wildman–Crippen MR) is 148 cm³/mol. The minimum absolute atomic E-state index is 0.0263. The van der Waals surface area contributed by atoms with E-state index in [0.29, 0.717) is 17.4 Å². The fourth-order valence-electron chi connectivity index (χ4n) is 4.30. The van der Waals surface area contributed by atoms with E-state index in [1.807, 2.05) is 21.1 Å². The molecule has 2 unspecified atom stereocenters. The summed E-state index contributed by atoms with van der Waals surface area (Å²) in [6, 6.07) is 0. The molecular formula is C28H59NO5P+. The molecule has 0 spiro atoms. The van der Waals surface area contributed by atoms with Crippen LogP contribution < -0.4 is 0 Å². The van der Waals surface area contributed by atoms with Gasteiger partial charge in [-0.05, 0) is 19.3 Å². The Balaban J connectivity index is 3.77. The monoisotopic (exact) mass is 520 g/mol. The van der Waals surface area contributed by atoms with Gasteiger partial charge in [0, 0.05) is 6.42 Å². The minimum Gasteiger partial charge on any atom is -0.329 e. The van der Waals surface area contributed by atoms with Crippen molar-refractivity contribution in [3.63, 3.8) is 0 Å². The fourth-order valence-corrected chi connectivity index (χ4v) is 5.08. The number of hydrogen-bond acceptors (Lipinski definition) is 4. The van der Waals surface area contributed by atoms with E-state index in [2.05, 4.69) is 6.92 Å². The van der Waals surface area contributed by atoms with Crippen LogP contribution in [0.3, 0.4) is 0 Å². The van der Waals surface area contributed by atoms with Crippen LogP contribution in [-0.2, 0) is 18.4 Å². The van der Waals surface area contributed by atoms with Crippen molar-refractivity contribution < 1.29 is 27.8 Å². The van der Waals surface area contributed by atoms with Gasteiger partial charge in [-0.25, -0.2) is 4.57 Å². The summed E-state index contributed by atoms with van der Waals surface area (Å²) in [5, 5.41) is 0. The third-order valence-corrected chi connectivity index (χ3v) is 7.52. The number of Topliss-reactive ketones (excluding diaryl/α,β-unsaturated/α-hetero) is 1. The highest BCUT2D eigenvalue weighted by molar-refractivity contribution is 7.47. The highest BCUT2D eigenvalue weighted by Gasteiger charge is 2.25. The molecule has 0 rings (SSSR count). The molecule has 0 aromatic carbocycles. The Kier molecular flexibility index (Phi) is 21.6. The molecule has 0 aliphatic rings. The van der Waals surface area contributed by atoms with Gasteiger partial charge < -0.3 is 14.2 Å². The number of ketones is 1. The number of phosphoric ester groups is 1. The Morgan fingerprint density at radius 1 is 0.771 bits per heavy atom. The third kappa shape index (κ3) is 26.6. The topological polar surface area (TPSA) is 72.8 Å². The lowest BCUT2D eigenvalue weighted by atomic mass is 9.96. The Labute approximate surface area is 217 Å². The van der Waals surface area contributed by atoms with E-state index in [-0.39, 0.29) is 24.9 Å². The summed E-state index contributed by atoms with van der Waals surface area (Å²) < 4.78 is 23.1. The minimum atomic E-state index is -4.07. The van der Waals surface area contributed by atoms with Gasteiger partial charge in [0.2, 0.25) is 0 Å². The molecular weight excluding hydrogens is 461 g/mol. The Morgan fingerprint density at radius 3 is 1.60 bits per heavy atom. The maximum absolute atomic E-state index is 12.1. The molecule has 0 aliphatic carbocycles. The average Bonchev–Trinajstić information content (AvgIpc) is 2.75. The van der Waals surface area contributed by atoms with E-state index in [1.54, 1.807) is 6.92 Å². The fraction of sp³-hybridized carbons (Fsp3) is 0.964. The molecule has 2 atom stereocenters. The molecule has 0 heterocycles. The van der Waals surface area contributed by atoms with Crippen LogP contribution >= 0.6 is 7.82 Å². The van der Waals surface area contributed by atoms with Crippen molar-refractivity contribution in [3.05, 3.63) is 0 Å². The molecule has 35 heavy (non-hydrogen) atoms. The third-order valence-electron chi connectivity index (χ3n) is 6.53. The maximum atomic E-state index is 12.1. The highest BCUT2D eigenvalue weighted by Crippen LogP contribution is 2.44. The average molecular weight is 521 g/mol. The number of rotatable bonds is 26. The van der Waals surface area contributed by atoms with Gasteiger partial charge in [0.25, 0.3) is 0 Å². The van der Waals surface area contributed by atoms with Crippen LogP contribution in [0.4, 0.5) is 0 Å². The van der Waals surface area contributed by atoms with Gasteiger partial charge in [0.1, 0.15) is 18.9 Å². The molecule has 0 saturated carbocycles. The summed E-state index contributed by atoms with van der Waals surface area (Å²) in [5.41, 5.74) is 0. The number of unbranched alkanes of at least 4 members (excludes halogenated alkanes) is 15. The second kappa shape index (κ2) is 21.8. The first-order valence-corrected chi connectivity index (χ1v) is 16.0. The van der Waals surface area contributed by atoms with Gasteiger partial charge in [-0.3, -0.25) is 9.05 Å². The summed E-state index contributed by atoms with van der Waals surface area (Å²) in [4.78, 5) is 21.5. The largest absolute Gasteiger partial charge is 0.472 e. The van der Waals surface area contributed by atoms with Gasteiger partial charge in [-0.1, -0.05) is 110 Å². The molecule has 6 nitrogen and oxygen atoms in total. The molecule has 0 fully saturated rings. The lowest BCUT2D eigenvalue weighted by molar-refractivity contribution is -0.870. The summed E-state index contributed by atoms with van der Waals surface area (Å²) in [6.45, 7) is 4.71. The van der Waals surface area contributed by atoms with Gasteiger partial charge in [0.15, 0.2) is 0 Å². The quantitative estimate of drug-likeness (QED) is 0.0709. The SMILES string of the molecule is CCCCCCCCCCCCCCCCCCC(COP(=O)(O)OCC[N+](C)(C)C)CC(C)=O. The van der Waals surface area contributed by atoms with Crippen LogP contribution in [-0.4, -0.2) is 56.1 Å². The highest BCUT2D eigenvalue weighted by atomic mass is 31.2. The van der Waals surface area contributed by atoms with Gasteiger partial charge in [-0.2, -0.15) is 0 Å². The molecule has 0 radical (unpaired) electrons. The van der Waals surface area contributed by atoms with Crippen molar-refractivity contribution in [2.45, 2.75) is 129 Å². The Bertz CT molecular complexity index is 550. The van der Waals surface area contributed by atoms with Crippen LogP contribution in [0.15, 0.2) is 0 Å². The predicted octanol–water partition coefficient (Wildman–Crippen LogP) is 8.07. The van der Waals surface area contributed by atoms with Crippen LogP contribution in [0.5, 0.6) is 0 Å². The number of phosphoric acid groups is 1. The van der Waals surface area contributed by atoms with Crippen LogP contribution in [0.2, 0.25) is 0 Å². The maximum Gasteiger partial charge on any atom is 0.472 e. The van der Waals surface area contributed by atoms with Crippen molar-refractivity contribution in [1.29, 1.82) is 0 Å². The first-order chi connectivity index (χ1) is 16.6. The molecule has 7 heteroatoms. The molecule has 0 aromatic heterocycles. The molecule has 210 valence electrons. The molecule has 0 bridgehead atoms. The van der Waals surface area contributed by atoms with Crippen LogP contribution in [0, 0.1) is 5.92 Å². The van der Waals surface area contributed by atoms with Crippen molar-refractivity contribution in [3.8, 4) is 0 Å². The van der Waals surface area contributed by atoms with Crippen LogP contribution in [0.1, 0.15) is 129 Å². The second-order valence-corrected chi connectivity index (χ2v) is 12.9. The molecule has 0 amide bonds. The lowest BCUT2D eigenvalue weighted by Gasteiger charge is -2.24. The Hall–Kier alpha value is -0.260. The Morgan fingerprint density at radius 2 is 1.20 bits per heavy atom. The molecule has 0 saturated heterocycles. The van der Waals surface area contributed by atoms with Gasteiger partial charge in [-0.15, -0.1) is 0 Å². The lowest BCUT2D eigenvalue weighted by Crippen LogP contribution is -2.37. The number of carbonyl (C=O) groups is 1. The number of likely N-dealkylation sites (N-methyl/N-ethyl adjacent to an activating group) is 1. The second-order valence-electron chi connectivity index (χ2n) is 11.5. The van der Waals surface area contributed by atoms with Crippen molar-refractivity contribution in [2.24, 2.45) is 5.92 Å². The van der Waals surface area contributed by atoms with E-state index >= 15 is 0 Å². The summed E-state index contributed by atoms with van der Waals surface area (Å²) in [7, 11) is 1.91. The molecule has 1 N–H and O–H groups in total. The van der Waals surface area contributed by atoms with E-state index < -0.39 is 7.82 Å². The normalized spacial score (nSPS) is 14.7. The molecule has 0 aromatic rings. The van der Waals surface area contributed by atoms with E-state index in [0.717, 1.165) is 19.3 Å². The van der Waals surface area contributed by atoms with E-state index in [4.69, 9.17) is 9.05 Å². The summed E-state index contributed by atoms with van der Waals surface area (Å²) >= 11 is 0. The first kappa shape index (κ1) is 34.7. The van der Waals surface area contributed by atoms with Crippen LogP contribution in [0.25, 0.3) is 0 Å². The summed E-state index contributed by atoms with van der Waals surface area (Å²) in [5.74, 6) is 0.0652. The smallest absolute Gasteiger partial charge is 0.329 e. The van der Waals surface area contributed by atoms with Gasteiger partial charge in [0.05, 0.1) is 27.7 Å². The zero-order valence-corrected chi connectivity index (χ0v) is 24.8. The standard InChI is InChI=1S/C28H58NO5P/c1-6-7-8-9-10-11-12-13-14-15-16-17-18-19-20-21-22-28(25-27(2)30)26-34-35(31,32)33-24-23-29(3,4)5/h28H,6-26H2,1-5H3/p+1.